The third-order valence-corrected chi connectivity index (χ3v) is 3.84. The molecule has 0 heterocycles. The van der Waals surface area contributed by atoms with Crippen molar-refractivity contribution in [3.63, 3.8) is 0 Å². The smallest absolute Gasteiger partial charge is 0.306 e. The first-order valence-corrected chi connectivity index (χ1v) is 6.06. The van der Waals surface area contributed by atoms with Crippen molar-refractivity contribution in [2.45, 2.75) is 57.0 Å². The van der Waals surface area contributed by atoms with Crippen LogP contribution in [0.1, 0.15) is 51.4 Å². The van der Waals surface area contributed by atoms with E-state index in [1.54, 1.807) is 0 Å². The summed E-state index contributed by atoms with van der Waals surface area (Å²) in [7, 11) is 0. The van der Waals surface area contributed by atoms with Gasteiger partial charge in [0.2, 0.25) is 0 Å². The number of aliphatic carboxylic acids is 1. The number of hydrogen-bond donors (Lipinski definition) is 1. The van der Waals surface area contributed by atoms with Crippen LogP contribution in [-0.4, -0.2) is 23.3 Å². The number of carboxylic acids is 1. The average molecular weight is 212 g/mol. The third kappa shape index (κ3) is 2.71. The molecule has 0 unspecified atom stereocenters. The van der Waals surface area contributed by atoms with E-state index in [-0.39, 0.29) is 12.0 Å². The van der Waals surface area contributed by atoms with Crippen LogP contribution in [0, 0.1) is 5.92 Å². The number of rotatable bonds is 5. The quantitative estimate of drug-likeness (QED) is 0.762. The van der Waals surface area contributed by atoms with E-state index in [0.717, 1.165) is 25.9 Å². The van der Waals surface area contributed by atoms with Crippen molar-refractivity contribution < 1.29 is 14.6 Å². The van der Waals surface area contributed by atoms with Crippen molar-refractivity contribution in [1.82, 2.24) is 0 Å². The SMILES string of the molecule is O=C(O)CC1(OCC2CCCC2)CCC1. The summed E-state index contributed by atoms with van der Waals surface area (Å²) in [6, 6.07) is 0. The number of carboxylic acid groups (broad SMARTS) is 1. The highest BCUT2D eigenvalue weighted by atomic mass is 16.5. The zero-order valence-corrected chi connectivity index (χ0v) is 9.21. The lowest BCUT2D eigenvalue weighted by atomic mass is 9.77. The Kier molecular flexibility index (Phi) is 3.29. The van der Waals surface area contributed by atoms with Gasteiger partial charge in [-0.2, -0.15) is 0 Å². The van der Waals surface area contributed by atoms with Crippen molar-refractivity contribution in [1.29, 1.82) is 0 Å². The highest BCUT2D eigenvalue weighted by molar-refractivity contribution is 5.68. The zero-order chi connectivity index (χ0) is 10.7. The fourth-order valence-electron chi connectivity index (χ4n) is 2.69. The van der Waals surface area contributed by atoms with Gasteiger partial charge < -0.3 is 9.84 Å². The molecular weight excluding hydrogens is 192 g/mol. The van der Waals surface area contributed by atoms with Crippen LogP contribution in [0.3, 0.4) is 0 Å². The Labute approximate surface area is 90.8 Å². The predicted molar refractivity (Wildman–Crippen MR) is 56.7 cm³/mol. The molecule has 0 saturated heterocycles. The molecule has 0 spiro atoms. The second-order valence-electron chi connectivity index (χ2n) is 5.07. The molecule has 0 bridgehead atoms. The summed E-state index contributed by atoms with van der Waals surface area (Å²) in [6.45, 7) is 0.785. The van der Waals surface area contributed by atoms with E-state index in [0.29, 0.717) is 5.92 Å². The van der Waals surface area contributed by atoms with E-state index < -0.39 is 5.97 Å². The molecule has 2 fully saturated rings. The molecule has 2 saturated carbocycles. The molecule has 2 aliphatic carbocycles. The summed E-state index contributed by atoms with van der Waals surface area (Å²) >= 11 is 0. The Balaban J connectivity index is 1.77. The molecule has 0 aromatic carbocycles. The fourth-order valence-corrected chi connectivity index (χ4v) is 2.69. The summed E-state index contributed by atoms with van der Waals surface area (Å²) in [5.41, 5.74) is -0.297. The monoisotopic (exact) mass is 212 g/mol. The van der Waals surface area contributed by atoms with Crippen molar-refractivity contribution in [2.24, 2.45) is 5.92 Å². The maximum absolute atomic E-state index is 10.7. The highest BCUT2D eigenvalue weighted by Crippen LogP contribution is 2.40. The molecule has 0 aromatic rings. The Morgan fingerprint density at radius 1 is 1.27 bits per heavy atom. The van der Waals surface area contributed by atoms with Crippen LogP contribution in [0.25, 0.3) is 0 Å². The third-order valence-electron chi connectivity index (χ3n) is 3.84. The van der Waals surface area contributed by atoms with Crippen molar-refractivity contribution in [3.8, 4) is 0 Å². The van der Waals surface area contributed by atoms with E-state index in [2.05, 4.69) is 0 Å². The second kappa shape index (κ2) is 4.52. The number of carbonyl (C=O) groups is 1. The first-order valence-electron chi connectivity index (χ1n) is 6.06. The van der Waals surface area contributed by atoms with Gasteiger partial charge in [-0.3, -0.25) is 4.79 Å². The topological polar surface area (TPSA) is 46.5 Å². The maximum atomic E-state index is 10.7. The average Bonchev–Trinajstić information content (AvgIpc) is 2.61. The maximum Gasteiger partial charge on any atom is 0.306 e. The molecule has 2 rings (SSSR count). The minimum Gasteiger partial charge on any atom is -0.481 e. The molecular formula is C12H20O3. The largest absolute Gasteiger partial charge is 0.481 e. The van der Waals surface area contributed by atoms with Gasteiger partial charge in [0.05, 0.1) is 18.6 Å². The standard InChI is InChI=1S/C12H20O3/c13-11(14)8-12(6-3-7-12)15-9-10-4-1-2-5-10/h10H,1-9H2,(H,13,14). The van der Waals surface area contributed by atoms with Gasteiger partial charge in [-0.05, 0) is 38.0 Å². The van der Waals surface area contributed by atoms with Crippen LogP contribution in [0.4, 0.5) is 0 Å². The Morgan fingerprint density at radius 2 is 1.93 bits per heavy atom. The predicted octanol–water partition coefficient (Wildman–Crippen LogP) is 2.59. The van der Waals surface area contributed by atoms with E-state index in [1.807, 2.05) is 0 Å². The number of ether oxygens (including phenoxy) is 1. The first kappa shape index (κ1) is 10.9. The molecule has 0 aliphatic heterocycles. The lowest BCUT2D eigenvalue weighted by Gasteiger charge is -2.41. The lowest BCUT2D eigenvalue weighted by Crippen LogP contribution is -2.43. The minimum absolute atomic E-state index is 0.194. The first-order chi connectivity index (χ1) is 7.20. The van der Waals surface area contributed by atoms with Crippen molar-refractivity contribution in [2.75, 3.05) is 6.61 Å². The second-order valence-corrected chi connectivity index (χ2v) is 5.07. The number of hydrogen-bond acceptors (Lipinski definition) is 2. The molecule has 0 atom stereocenters. The molecule has 1 N–H and O–H groups in total. The lowest BCUT2D eigenvalue weighted by molar-refractivity contribution is -0.156. The molecule has 0 amide bonds. The van der Waals surface area contributed by atoms with E-state index in [9.17, 15) is 4.79 Å². The molecule has 2 aliphatic rings. The molecule has 0 radical (unpaired) electrons. The van der Waals surface area contributed by atoms with Gasteiger partial charge in [0.25, 0.3) is 0 Å². The summed E-state index contributed by atoms with van der Waals surface area (Å²) in [4.78, 5) is 10.7. The zero-order valence-electron chi connectivity index (χ0n) is 9.21. The molecule has 3 heteroatoms. The summed E-state index contributed by atoms with van der Waals surface area (Å²) < 4.78 is 5.88. The van der Waals surface area contributed by atoms with Crippen LogP contribution in [0.5, 0.6) is 0 Å². The Hall–Kier alpha value is -0.570. The van der Waals surface area contributed by atoms with Crippen molar-refractivity contribution in [3.05, 3.63) is 0 Å². The van der Waals surface area contributed by atoms with Gasteiger partial charge in [-0.15, -0.1) is 0 Å². The normalized spacial score (nSPS) is 25.1. The molecule has 15 heavy (non-hydrogen) atoms. The highest BCUT2D eigenvalue weighted by Gasteiger charge is 2.40. The van der Waals surface area contributed by atoms with Gasteiger partial charge in [0.1, 0.15) is 0 Å². The van der Waals surface area contributed by atoms with Crippen LogP contribution >= 0.6 is 0 Å². The van der Waals surface area contributed by atoms with Gasteiger partial charge in [0.15, 0.2) is 0 Å². The van der Waals surface area contributed by atoms with Gasteiger partial charge >= 0.3 is 5.97 Å². The van der Waals surface area contributed by atoms with Gasteiger partial charge in [0, 0.05) is 0 Å². The van der Waals surface area contributed by atoms with Crippen molar-refractivity contribution >= 4 is 5.97 Å². The Bertz CT molecular complexity index is 227. The van der Waals surface area contributed by atoms with Crippen LogP contribution < -0.4 is 0 Å². The summed E-state index contributed by atoms with van der Waals surface area (Å²) in [6.07, 6.45) is 8.36. The van der Waals surface area contributed by atoms with Crippen LogP contribution in [-0.2, 0) is 9.53 Å². The van der Waals surface area contributed by atoms with E-state index >= 15 is 0 Å². The molecule has 0 aromatic heterocycles. The van der Waals surface area contributed by atoms with Crippen LogP contribution in [0.15, 0.2) is 0 Å². The summed E-state index contributed by atoms with van der Waals surface area (Å²) in [5.74, 6) is -0.0302. The fraction of sp³-hybridized carbons (Fsp3) is 0.917. The molecule has 3 nitrogen and oxygen atoms in total. The van der Waals surface area contributed by atoms with Gasteiger partial charge in [-0.1, -0.05) is 12.8 Å². The van der Waals surface area contributed by atoms with E-state index in [1.165, 1.54) is 25.7 Å². The minimum atomic E-state index is -0.721. The Morgan fingerprint density at radius 3 is 2.40 bits per heavy atom. The molecule has 86 valence electrons. The summed E-state index contributed by atoms with van der Waals surface area (Å²) in [5, 5.41) is 8.83. The van der Waals surface area contributed by atoms with E-state index in [4.69, 9.17) is 9.84 Å². The van der Waals surface area contributed by atoms with Gasteiger partial charge in [-0.25, -0.2) is 0 Å². The van der Waals surface area contributed by atoms with Crippen LogP contribution in [0.2, 0.25) is 0 Å².